The van der Waals surface area contributed by atoms with Crippen LogP contribution in [0.15, 0.2) is 72.9 Å². The molecule has 5 aromatic rings. The van der Waals surface area contributed by atoms with Crippen molar-refractivity contribution in [2.75, 3.05) is 33.3 Å². The van der Waals surface area contributed by atoms with Crippen LogP contribution in [0.2, 0.25) is 0 Å². The van der Waals surface area contributed by atoms with Gasteiger partial charge in [0, 0.05) is 65.5 Å². The van der Waals surface area contributed by atoms with Crippen LogP contribution in [-0.2, 0) is 11.3 Å². The van der Waals surface area contributed by atoms with Crippen LogP contribution in [0.5, 0.6) is 5.75 Å². The van der Waals surface area contributed by atoms with Gasteiger partial charge in [-0.15, -0.1) is 11.3 Å². The molecule has 1 amide bonds. The van der Waals surface area contributed by atoms with Gasteiger partial charge in [-0.05, 0) is 66.8 Å². The maximum absolute atomic E-state index is 12.6. The van der Waals surface area contributed by atoms with Gasteiger partial charge in [-0.2, -0.15) is 0 Å². The lowest BCUT2D eigenvalue weighted by Crippen LogP contribution is -2.48. The van der Waals surface area contributed by atoms with Crippen molar-refractivity contribution in [1.82, 2.24) is 19.2 Å². The van der Waals surface area contributed by atoms with E-state index >= 15 is 0 Å². The Kier molecular flexibility index (Phi) is 5.90. The van der Waals surface area contributed by atoms with Gasteiger partial charge < -0.3 is 14.0 Å². The molecule has 2 aliphatic rings. The van der Waals surface area contributed by atoms with Crippen LogP contribution in [0.1, 0.15) is 18.5 Å². The van der Waals surface area contributed by atoms with Crippen molar-refractivity contribution in [3.8, 4) is 27.4 Å². The number of hydrogen-bond donors (Lipinski definition) is 0. The van der Waals surface area contributed by atoms with E-state index in [0.29, 0.717) is 5.91 Å². The van der Waals surface area contributed by atoms with Crippen molar-refractivity contribution >= 4 is 33.0 Å². The predicted octanol–water partition coefficient (Wildman–Crippen LogP) is 5.95. The molecule has 6 nitrogen and oxygen atoms in total. The minimum Gasteiger partial charge on any atom is -0.497 e. The second kappa shape index (κ2) is 9.57. The molecule has 0 unspecified atom stereocenters. The van der Waals surface area contributed by atoms with Crippen molar-refractivity contribution in [3.63, 3.8) is 0 Å². The molecule has 1 saturated heterocycles. The summed E-state index contributed by atoms with van der Waals surface area (Å²) in [4.78, 5) is 23.4. The number of amides is 1. The molecule has 1 aliphatic carbocycles. The molecule has 2 aromatic carbocycles. The topological polar surface area (TPSA) is 50.1 Å². The largest absolute Gasteiger partial charge is 0.497 e. The highest BCUT2D eigenvalue weighted by molar-refractivity contribution is 7.22. The van der Waals surface area contributed by atoms with Gasteiger partial charge in [0.25, 0.3) is 0 Å². The SMILES string of the molecule is COc1ccc(-c2nc3ccc(-c4cc5ccccc5s4)cn3c2CN2CCN(C(=O)C3CC3)CC2)cc1. The molecule has 0 radical (unpaired) electrons. The Morgan fingerprint density at radius 1 is 0.974 bits per heavy atom. The minimum absolute atomic E-state index is 0.286. The Morgan fingerprint density at radius 2 is 1.74 bits per heavy atom. The number of fused-ring (bicyclic) bond motifs is 2. The number of aromatic nitrogens is 2. The number of benzene rings is 2. The molecule has 7 rings (SSSR count). The number of rotatable bonds is 6. The van der Waals surface area contributed by atoms with Crippen LogP contribution in [0.25, 0.3) is 37.4 Å². The molecule has 2 fully saturated rings. The third kappa shape index (κ3) is 4.36. The summed E-state index contributed by atoms with van der Waals surface area (Å²) in [7, 11) is 1.69. The van der Waals surface area contributed by atoms with Crippen LogP contribution in [0.3, 0.4) is 0 Å². The van der Waals surface area contributed by atoms with E-state index in [9.17, 15) is 4.79 Å². The Labute approximate surface area is 226 Å². The van der Waals surface area contributed by atoms with Gasteiger partial charge in [0.05, 0.1) is 18.5 Å². The predicted molar refractivity (Wildman–Crippen MR) is 153 cm³/mol. The maximum Gasteiger partial charge on any atom is 0.225 e. The Morgan fingerprint density at radius 3 is 2.47 bits per heavy atom. The number of piperazine rings is 1. The van der Waals surface area contributed by atoms with Crippen LogP contribution in [0.4, 0.5) is 0 Å². The zero-order chi connectivity index (χ0) is 25.6. The third-order valence-corrected chi connectivity index (χ3v) is 8.94. The van der Waals surface area contributed by atoms with Crippen molar-refractivity contribution in [2.45, 2.75) is 19.4 Å². The number of carbonyl (C=O) groups is 1. The number of ether oxygens (including phenoxy) is 1. The van der Waals surface area contributed by atoms with E-state index in [0.717, 1.165) is 68.2 Å². The average molecular weight is 523 g/mol. The Hall–Kier alpha value is -3.68. The van der Waals surface area contributed by atoms with Crippen molar-refractivity contribution in [2.24, 2.45) is 5.92 Å². The molecule has 1 aliphatic heterocycles. The Balaban J connectivity index is 1.25. The molecule has 0 N–H and O–H groups in total. The fourth-order valence-electron chi connectivity index (χ4n) is 5.42. The summed E-state index contributed by atoms with van der Waals surface area (Å²) in [6.07, 6.45) is 4.37. The van der Waals surface area contributed by atoms with Gasteiger partial charge in [0.15, 0.2) is 0 Å². The highest BCUT2D eigenvalue weighted by Gasteiger charge is 2.34. The second-order valence-corrected chi connectivity index (χ2v) is 11.4. The third-order valence-electron chi connectivity index (χ3n) is 7.77. The van der Waals surface area contributed by atoms with Gasteiger partial charge in [-0.3, -0.25) is 9.69 Å². The number of imidazole rings is 1. The summed E-state index contributed by atoms with van der Waals surface area (Å²) in [6.45, 7) is 4.14. The van der Waals surface area contributed by atoms with Crippen molar-refractivity contribution in [3.05, 3.63) is 78.6 Å². The Bertz CT molecular complexity index is 1590. The van der Waals surface area contributed by atoms with Gasteiger partial charge in [-0.1, -0.05) is 18.2 Å². The number of methoxy groups -OCH3 is 1. The van der Waals surface area contributed by atoms with E-state index in [4.69, 9.17) is 9.72 Å². The summed E-state index contributed by atoms with van der Waals surface area (Å²) in [5, 5.41) is 1.27. The lowest BCUT2D eigenvalue weighted by Gasteiger charge is -2.35. The van der Waals surface area contributed by atoms with E-state index in [-0.39, 0.29) is 5.92 Å². The van der Waals surface area contributed by atoms with Gasteiger partial charge >= 0.3 is 0 Å². The molecular formula is C31H30N4O2S. The molecule has 192 valence electrons. The molecule has 3 aromatic heterocycles. The van der Waals surface area contributed by atoms with E-state index in [2.05, 4.69) is 75.0 Å². The highest BCUT2D eigenvalue weighted by atomic mass is 32.1. The zero-order valence-corrected chi connectivity index (χ0v) is 22.3. The van der Waals surface area contributed by atoms with E-state index in [1.807, 2.05) is 23.5 Å². The molecule has 0 atom stereocenters. The van der Waals surface area contributed by atoms with E-state index in [1.165, 1.54) is 26.2 Å². The highest BCUT2D eigenvalue weighted by Crippen LogP contribution is 2.35. The van der Waals surface area contributed by atoms with Crippen LogP contribution in [-0.4, -0.2) is 58.4 Å². The second-order valence-electron chi connectivity index (χ2n) is 10.3. The molecule has 0 bridgehead atoms. The average Bonchev–Trinajstić information content (AvgIpc) is 3.63. The summed E-state index contributed by atoms with van der Waals surface area (Å²) in [5.74, 6) is 1.48. The lowest BCUT2D eigenvalue weighted by atomic mass is 10.1. The van der Waals surface area contributed by atoms with E-state index in [1.54, 1.807) is 7.11 Å². The standard InChI is InChI=1S/C31H30N4O2S/c1-37-25-11-8-21(9-12-25)30-26(20-33-14-16-34(17-15-33)31(36)22-6-7-22)35-19-24(10-13-29(35)32-30)28-18-23-4-2-3-5-27(23)38-28/h2-5,8-13,18-19,22H,6-7,14-17,20H2,1H3. The maximum atomic E-state index is 12.6. The summed E-state index contributed by atoms with van der Waals surface area (Å²) < 4.78 is 8.95. The lowest BCUT2D eigenvalue weighted by molar-refractivity contribution is -0.134. The van der Waals surface area contributed by atoms with Crippen LogP contribution >= 0.6 is 11.3 Å². The number of carbonyl (C=O) groups excluding carboxylic acids is 1. The molecule has 7 heteroatoms. The first kappa shape index (κ1) is 23.4. The van der Waals surface area contributed by atoms with Crippen LogP contribution in [0, 0.1) is 5.92 Å². The monoisotopic (exact) mass is 522 g/mol. The van der Waals surface area contributed by atoms with Gasteiger partial charge in [0.2, 0.25) is 5.91 Å². The normalized spacial score (nSPS) is 16.4. The summed E-state index contributed by atoms with van der Waals surface area (Å²) in [5.41, 5.74) is 5.39. The fourth-order valence-corrected chi connectivity index (χ4v) is 6.47. The van der Waals surface area contributed by atoms with Crippen molar-refractivity contribution < 1.29 is 9.53 Å². The minimum atomic E-state index is 0.286. The molecule has 4 heterocycles. The molecule has 38 heavy (non-hydrogen) atoms. The summed E-state index contributed by atoms with van der Waals surface area (Å²) >= 11 is 1.82. The first-order chi connectivity index (χ1) is 18.7. The van der Waals surface area contributed by atoms with Crippen LogP contribution < -0.4 is 4.74 Å². The summed E-state index contributed by atoms with van der Waals surface area (Å²) in [6, 6.07) is 23.3. The molecule has 1 saturated carbocycles. The quantitative estimate of drug-likeness (QED) is 0.277. The van der Waals surface area contributed by atoms with Gasteiger partial charge in [-0.25, -0.2) is 4.98 Å². The smallest absolute Gasteiger partial charge is 0.225 e. The fraction of sp³-hybridized carbons (Fsp3) is 0.290. The zero-order valence-electron chi connectivity index (χ0n) is 21.5. The van der Waals surface area contributed by atoms with Crippen molar-refractivity contribution in [1.29, 1.82) is 0 Å². The number of pyridine rings is 1. The first-order valence-corrected chi connectivity index (χ1v) is 14.1. The molecule has 0 spiro atoms. The molecular weight excluding hydrogens is 492 g/mol. The number of nitrogens with zero attached hydrogens (tertiary/aromatic N) is 4. The number of thiophene rings is 1. The first-order valence-electron chi connectivity index (χ1n) is 13.3. The number of hydrogen-bond acceptors (Lipinski definition) is 5. The van der Waals surface area contributed by atoms with E-state index < -0.39 is 0 Å². The van der Waals surface area contributed by atoms with Gasteiger partial charge in [0.1, 0.15) is 11.4 Å².